The maximum Gasteiger partial charge on any atom is 0.325 e. The van der Waals surface area contributed by atoms with Crippen LogP contribution in [0.25, 0.3) is 0 Å². The highest BCUT2D eigenvalue weighted by Crippen LogP contribution is 2.14. The Balaban J connectivity index is 1.94. The minimum absolute atomic E-state index is 0.0717. The number of hydrogen-bond donors (Lipinski definition) is 3. The molecule has 1 aromatic rings. The van der Waals surface area contributed by atoms with Crippen LogP contribution in [0.5, 0.6) is 0 Å². The van der Waals surface area contributed by atoms with Gasteiger partial charge in [0.05, 0.1) is 25.6 Å². The summed E-state index contributed by atoms with van der Waals surface area (Å²) in [5.74, 6) is -0.713. The number of amides is 4. The monoisotopic (exact) mass is 333 g/mol. The summed E-state index contributed by atoms with van der Waals surface area (Å²) in [4.78, 5) is 37.5. The van der Waals surface area contributed by atoms with Crippen LogP contribution in [0.4, 0.5) is 4.79 Å². The lowest BCUT2D eigenvalue weighted by atomic mass is 10.0. The first-order valence-corrected chi connectivity index (χ1v) is 7.98. The molecule has 7 heteroatoms. The molecule has 0 saturated carbocycles. The fourth-order valence-electron chi connectivity index (χ4n) is 2.51. The van der Waals surface area contributed by atoms with Crippen molar-refractivity contribution in [3.8, 4) is 0 Å². The largest absolute Gasteiger partial charge is 0.394 e. The zero-order valence-corrected chi connectivity index (χ0v) is 13.9. The van der Waals surface area contributed by atoms with Crippen molar-refractivity contribution in [2.45, 2.75) is 38.9 Å². The molecule has 2 atom stereocenters. The number of aliphatic hydroxyl groups excluding tert-OH is 1. The maximum absolute atomic E-state index is 12.4. The number of urea groups is 1. The first-order chi connectivity index (χ1) is 11.4. The average Bonchev–Trinajstić information content (AvgIpc) is 2.81. The lowest BCUT2D eigenvalue weighted by Gasteiger charge is -2.20. The molecule has 7 nitrogen and oxygen atoms in total. The van der Waals surface area contributed by atoms with Gasteiger partial charge in [-0.1, -0.05) is 44.2 Å². The van der Waals surface area contributed by atoms with Gasteiger partial charge in [0.15, 0.2) is 0 Å². The second-order valence-electron chi connectivity index (χ2n) is 6.22. The highest BCUT2D eigenvalue weighted by atomic mass is 16.3. The summed E-state index contributed by atoms with van der Waals surface area (Å²) in [7, 11) is 0. The Labute approximate surface area is 141 Å². The molecular weight excluding hydrogens is 310 g/mol. The quantitative estimate of drug-likeness (QED) is 0.637. The van der Waals surface area contributed by atoms with Gasteiger partial charge in [0.2, 0.25) is 5.91 Å². The van der Waals surface area contributed by atoms with Crippen LogP contribution in [0.1, 0.15) is 25.8 Å². The molecule has 3 N–H and O–H groups in total. The normalized spacial score (nSPS) is 18.7. The van der Waals surface area contributed by atoms with Crippen LogP contribution in [0, 0.1) is 5.92 Å². The summed E-state index contributed by atoms with van der Waals surface area (Å²) < 4.78 is 0. The molecule has 130 valence electrons. The number of nitrogens with zero attached hydrogens (tertiary/aromatic N) is 1. The number of nitrogens with one attached hydrogen (secondary N) is 2. The molecule has 0 spiro atoms. The first-order valence-electron chi connectivity index (χ1n) is 7.98. The SMILES string of the molecule is CC(C)[C@@H](CO)NC(=O)C[C@H]1NC(=O)N(Cc2ccccc2)C1=O. The van der Waals surface area contributed by atoms with Gasteiger partial charge in [-0.25, -0.2) is 4.79 Å². The molecule has 1 saturated heterocycles. The van der Waals surface area contributed by atoms with E-state index in [0.29, 0.717) is 0 Å². The number of hydrogen-bond acceptors (Lipinski definition) is 4. The zero-order chi connectivity index (χ0) is 17.7. The van der Waals surface area contributed by atoms with Crippen molar-refractivity contribution in [3.63, 3.8) is 0 Å². The van der Waals surface area contributed by atoms with Crippen LogP contribution >= 0.6 is 0 Å². The van der Waals surface area contributed by atoms with Crippen LogP contribution in [0.15, 0.2) is 30.3 Å². The molecule has 0 unspecified atom stereocenters. The summed E-state index contributed by atoms with van der Waals surface area (Å²) in [6, 6.07) is 7.44. The molecule has 0 bridgehead atoms. The number of imide groups is 1. The number of carbonyl (C=O) groups excluding carboxylic acids is 3. The van der Waals surface area contributed by atoms with Crippen LogP contribution in [0.2, 0.25) is 0 Å². The Morgan fingerprint density at radius 1 is 1.29 bits per heavy atom. The number of aliphatic hydroxyl groups is 1. The van der Waals surface area contributed by atoms with Crippen LogP contribution in [0.3, 0.4) is 0 Å². The molecule has 1 aliphatic rings. The summed E-state index contributed by atoms with van der Waals surface area (Å²) in [5.41, 5.74) is 0.839. The van der Waals surface area contributed by atoms with Crippen molar-refractivity contribution >= 4 is 17.8 Å². The number of rotatable bonds is 7. The third-order valence-corrected chi connectivity index (χ3v) is 4.03. The van der Waals surface area contributed by atoms with E-state index in [4.69, 9.17) is 0 Å². The van der Waals surface area contributed by atoms with E-state index in [1.165, 1.54) is 0 Å². The van der Waals surface area contributed by atoms with Gasteiger partial charge in [0.25, 0.3) is 5.91 Å². The topological polar surface area (TPSA) is 98.7 Å². The Kier molecular flexibility index (Phi) is 5.92. The van der Waals surface area contributed by atoms with E-state index in [1.54, 1.807) is 0 Å². The molecule has 0 aliphatic carbocycles. The van der Waals surface area contributed by atoms with Crippen LogP contribution < -0.4 is 10.6 Å². The molecule has 1 fully saturated rings. The molecule has 4 amide bonds. The predicted molar refractivity (Wildman–Crippen MR) is 87.8 cm³/mol. The third kappa shape index (κ3) is 4.32. The van der Waals surface area contributed by atoms with Crippen molar-refractivity contribution in [1.82, 2.24) is 15.5 Å². The van der Waals surface area contributed by atoms with E-state index in [1.807, 2.05) is 44.2 Å². The van der Waals surface area contributed by atoms with Crippen molar-refractivity contribution in [2.75, 3.05) is 6.61 Å². The third-order valence-electron chi connectivity index (χ3n) is 4.03. The van der Waals surface area contributed by atoms with E-state index in [9.17, 15) is 19.5 Å². The predicted octanol–water partition coefficient (Wildman–Crippen LogP) is 0.630. The summed E-state index contributed by atoms with van der Waals surface area (Å²) in [6.45, 7) is 3.76. The van der Waals surface area contributed by atoms with Crippen LogP contribution in [-0.4, -0.2) is 46.5 Å². The zero-order valence-electron chi connectivity index (χ0n) is 13.9. The average molecular weight is 333 g/mol. The smallest absolute Gasteiger partial charge is 0.325 e. The number of carbonyl (C=O) groups is 3. The second kappa shape index (κ2) is 7.92. The Hall–Kier alpha value is -2.41. The highest BCUT2D eigenvalue weighted by Gasteiger charge is 2.39. The molecule has 1 aromatic carbocycles. The Bertz CT molecular complexity index is 603. The van der Waals surface area contributed by atoms with Gasteiger partial charge in [-0.2, -0.15) is 0 Å². The molecule has 2 rings (SSSR count). The maximum atomic E-state index is 12.4. The van der Waals surface area contributed by atoms with E-state index in [0.717, 1.165) is 10.5 Å². The first kappa shape index (κ1) is 17.9. The summed E-state index contributed by atoms with van der Waals surface area (Å²) in [6.07, 6.45) is -0.140. The van der Waals surface area contributed by atoms with Gasteiger partial charge in [0.1, 0.15) is 6.04 Å². The number of benzene rings is 1. The van der Waals surface area contributed by atoms with E-state index < -0.39 is 18.0 Å². The lowest BCUT2D eigenvalue weighted by Crippen LogP contribution is -2.44. The van der Waals surface area contributed by atoms with Gasteiger partial charge in [-0.05, 0) is 11.5 Å². The molecule has 1 heterocycles. The fourth-order valence-corrected chi connectivity index (χ4v) is 2.51. The van der Waals surface area contributed by atoms with Gasteiger partial charge in [-0.15, -0.1) is 0 Å². The minimum atomic E-state index is -0.868. The molecular formula is C17H23N3O4. The second-order valence-corrected chi connectivity index (χ2v) is 6.22. The lowest BCUT2D eigenvalue weighted by molar-refractivity contribution is -0.131. The van der Waals surface area contributed by atoms with E-state index in [-0.39, 0.29) is 37.4 Å². The molecule has 1 aliphatic heterocycles. The van der Waals surface area contributed by atoms with Gasteiger partial charge < -0.3 is 15.7 Å². The Morgan fingerprint density at radius 2 is 1.96 bits per heavy atom. The molecule has 24 heavy (non-hydrogen) atoms. The van der Waals surface area contributed by atoms with Gasteiger partial charge >= 0.3 is 6.03 Å². The van der Waals surface area contributed by atoms with Crippen molar-refractivity contribution < 1.29 is 19.5 Å². The van der Waals surface area contributed by atoms with Crippen molar-refractivity contribution in [1.29, 1.82) is 0 Å². The van der Waals surface area contributed by atoms with E-state index >= 15 is 0 Å². The van der Waals surface area contributed by atoms with Gasteiger partial charge in [-0.3, -0.25) is 14.5 Å². The molecule has 0 radical (unpaired) electrons. The fraction of sp³-hybridized carbons (Fsp3) is 0.471. The van der Waals surface area contributed by atoms with Crippen LogP contribution in [-0.2, 0) is 16.1 Å². The Morgan fingerprint density at radius 3 is 2.54 bits per heavy atom. The highest BCUT2D eigenvalue weighted by molar-refractivity contribution is 6.05. The standard InChI is InChI=1S/C17H23N3O4/c1-11(2)14(10-21)18-15(22)8-13-16(23)20(17(24)19-13)9-12-6-4-3-5-7-12/h3-7,11,13-14,21H,8-10H2,1-2H3,(H,18,22)(H,19,24)/t13-,14-/m1/s1. The minimum Gasteiger partial charge on any atom is -0.394 e. The molecule has 0 aromatic heterocycles. The van der Waals surface area contributed by atoms with Crippen molar-refractivity contribution in [3.05, 3.63) is 35.9 Å². The summed E-state index contributed by atoms with van der Waals surface area (Å²) >= 11 is 0. The summed E-state index contributed by atoms with van der Waals surface area (Å²) in [5, 5.41) is 14.5. The van der Waals surface area contributed by atoms with E-state index in [2.05, 4.69) is 10.6 Å². The van der Waals surface area contributed by atoms with Crippen molar-refractivity contribution in [2.24, 2.45) is 5.92 Å². The van der Waals surface area contributed by atoms with Gasteiger partial charge in [0, 0.05) is 0 Å².